The molecule has 0 aromatic carbocycles. The Morgan fingerprint density at radius 1 is 0.931 bits per heavy atom. The third kappa shape index (κ3) is 10.1. The van der Waals surface area contributed by atoms with Crippen LogP contribution in [-0.2, 0) is 24.0 Å². The second-order valence-corrected chi connectivity index (χ2v) is 7.92. The van der Waals surface area contributed by atoms with Gasteiger partial charge in [-0.1, -0.05) is 13.8 Å². The zero-order chi connectivity index (χ0) is 22.7. The minimum Gasteiger partial charge on any atom is -0.480 e. The van der Waals surface area contributed by atoms with Crippen LogP contribution in [0, 0.1) is 5.92 Å². The van der Waals surface area contributed by atoms with Gasteiger partial charge in [0, 0.05) is 0 Å². The molecule has 0 saturated heterocycles. The Morgan fingerprint density at radius 3 is 1.90 bits per heavy atom. The smallest absolute Gasteiger partial charge is 0.326 e. The number of hydrogen-bond donors (Lipinski definition) is 6. The van der Waals surface area contributed by atoms with E-state index in [4.69, 9.17) is 11.5 Å². The fraction of sp³-hybridized carbons (Fsp3) is 0.706. The topological polar surface area (TPSA) is 194 Å². The standard InChI is InChI=1S/C17H31N5O6S/c1-8(2)13(16(26)20-10(17(27)28)5-6-29-4)22-15(25)11(7-12(19)23)21-14(24)9(3)18/h8-11,13H,5-7,18H2,1-4H3,(H2,19,23)(H,20,26)(H,21,24)(H,22,25)(H,27,28). The Balaban J connectivity index is 5.32. The highest BCUT2D eigenvalue weighted by Gasteiger charge is 2.32. The average molecular weight is 434 g/mol. The molecule has 0 spiro atoms. The summed E-state index contributed by atoms with van der Waals surface area (Å²) in [4.78, 5) is 59.6. The largest absolute Gasteiger partial charge is 0.480 e. The van der Waals surface area contributed by atoms with E-state index >= 15 is 0 Å². The van der Waals surface area contributed by atoms with Crippen LogP contribution in [0.3, 0.4) is 0 Å². The SMILES string of the molecule is CSCCC(NC(=O)C(NC(=O)C(CC(N)=O)NC(=O)C(C)N)C(C)C)C(=O)O. The zero-order valence-electron chi connectivity index (χ0n) is 17.1. The lowest BCUT2D eigenvalue weighted by molar-refractivity contribution is -0.142. The molecule has 0 bridgehead atoms. The highest BCUT2D eigenvalue weighted by atomic mass is 32.2. The summed E-state index contributed by atoms with van der Waals surface area (Å²) in [5, 5.41) is 16.4. The molecule has 0 aliphatic carbocycles. The van der Waals surface area contributed by atoms with Crippen molar-refractivity contribution in [1.82, 2.24) is 16.0 Å². The van der Waals surface area contributed by atoms with Crippen LogP contribution in [0.25, 0.3) is 0 Å². The van der Waals surface area contributed by atoms with E-state index in [-0.39, 0.29) is 6.42 Å². The Bertz CT molecular complexity index is 613. The molecule has 0 aliphatic rings. The lowest BCUT2D eigenvalue weighted by Gasteiger charge is -2.26. The molecule has 0 radical (unpaired) electrons. The number of rotatable bonds is 13. The molecule has 8 N–H and O–H groups in total. The van der Waals surface area contributed by atoms with Gasteiger partial charge in [0.25, 0.3) is 0 Å². The van der Waals surface area contributed by atoms with Gasteiger partial charge in [0.1, 0.15) is 18.1 Å². The van der Waals surface area contributed by atoms with E-state index in [0.717, 1.165) is 0 Å². The molecule has 0 aromatic rings. The molecule has 29 heavy (non-hydrogen) atoms. The molecule has 0 aromatic heterocycles. The second kappa shape index (κ2) is 13.0. The molecular formula is C17H31N5O6S. The number of aliphatic carboxylic acids is 1. The molecule has 0 aliphatic heterocycles. The van der Waals surface area contributed by atoms with E-state index in [9.17, 15) is 29.1 Å². The molecule has 0 rings (SSSR count). The molecule has 0 fully saturated rings. The summed E-state index contributed by atoms with van der Waals surface area (Å²) in [5.74, 6) is -4.03. The van der Waals surface area contributed by atoms with Gasteiger partial charge < -0.3 is 32.5 Å². The van der Waals surface area contributed by atoms with Crippen molar-refractivity contribution >= 4 is 41.4 Å². The second-order valence-electron chi connectivity index (χ2n) is 6.93. The summed E-state index contributed by atoms with van der Waals surface area (Å²) in [6, 6.07) is -4.42. The van der Waals surface area contributed by atoms with Crippen molar-refractivity contribution in [1.29, 1.82) is 0 Å². The fourth-order valence-corrected chi connectivity index (χ4v) is 2.73. The van der Waals surface area contributed by atoms with Gasteiger partial charge >= 0.3 is 5.97 Å². The van der Waals surface area contributed by atoms with Crippen molar-refractivity contribution < 1.29 is 29.1 Å². The normalized spacial score (nSPS) is 15.0. The van der Waals surface area contributed by atoms with Crippen molar-refractivity contribution in [2.75, 3.05) is 12.0 Å². The van der Waals surface area contributed by atoms with Crippen LogP contribution in [0.5, 0.6) is 0 Å². The highest BCUT2D eigenvalue weighted by molar-refractivity contribution is 7.98. The number of hydrogen-bond acceptors (Lipinski definition) is 7. The third-order valence-electron chi connectivity index (χ3n) is 3.92. The van der Waals surface area contributed by atoms with E-state index in [2.05, 4.69) is 16.0 Å². The first kappa shape index (κ1) is 26.7. The number of carboxylic acid groups (broad SMARTS) is 1. The van der Waals surface area contributed by atoms with Gasteiger partial charge in [0.15, 0.2) is 0 Å². The maximum absolute atomic E-state index is 12.6. The molecule has 4 unspecified atom stereocenters. The molecule has 4 atom stereocenters. The maximum atomic E-state index is 12.6. The predicted molar refractivity (Wildman–Crippen MR) is 109 cm³/mol. The summed E-state index contributed by atoms with van der Waals surface area (Å²) < 4.78 is 0. The number of carbonyl (C=O) groups is 5. The van der Waals surface area contributed by atoms with Crippen LogP contribution in [0.4, 0.5) is 0 Å². The van der Waals surface area contributed by atoms with E-state index in [1.807, 2.05) is 6.26 Å². The van der Waals surface area contributed by atoms with E-state index in [1.54, 1.807) is 13.8 Å². The van der Waals surface area contributed by atoms with Crippen molar-refractivity contribution in [3.05, 3.63) is 0 Å². The minimum absolute atomic E-state index is 0.218. The van der Waals surface area contributed by atoms with Crippen molar-refractivity contribution in [2.24, 2.45) is 17.4 Å². The van der Waals surface area contributed by atoms with Crippen LogP contribution < -0.4 is 27.4 Å². The third-order valence-corrected chi connectivity index (χ3v) is 4.57. The van der Waals surface area contributed by atoms with Crippen LogP contribution >= 0.6 is 11.8 Å². The first-order valence-electron chi connectivity index (χ1n) is 9.07. The van der Waals surface area contributed by atoms with Crippen LogP contribution in [0.15, 0.2) is 0 Å². The van der Waals surface area contributed by atoms with Gasteiger partial charge in [-0.15, -0.1) is 0 Å². The summed E-state index contributed by atoms with van der Waals surface area (Å²) in [5.41, 5.74) is 10.6. The first-order valence-corrected chi connectivity index (χ1v) is 10.5. The van der Waals surface area contributed by atoms with Gasteiger partial charge in [-0.3, -0.25) is 19.2 Å². The molecule has 4 amide bonds. The van der Waals surface area contributed by atoms with Gasteiger partial charge in [-0.2, -0.15) is 11.8 Å². The quantitative estimate of drug-likeness (QED) is 0.195. The first-order chi connectivity index (χ1) is 13.4. The number of thioether (sulfide) groups is 1. The van der Waals surface area contributed by atoms with Gasteiger partial charge in [0.2, 0.25) is 23.6 Å². The molecule has 166 valence electrons. The maximum Gasteiger partial charge on any atom is 0.326 e. The Morgan fingerprint density at radius 2 is 1.48 bits per heavy atom. The number of primary amides is 1. The van der Waals surface area contributed by atoms with E-state index < -0.39 is 66.1 Å². The number of carbonyl (C=O) groups excluding carboxylic acids is 4. The van der Waals surface area contributed by atoms with Crippen LogP contribution in [-0.4, -0.2) is 70.9 Å². The predicted octanol–water partition coefficient (Wildman–Crippen LogP) is -1.84. The molecule has 0 heterocycles. The van der Waals surface area contributed by atoms with Gasteiger partial charge in [-0.05, 0) is 31.3 Å². The van der Waals surface area contributed by atoms with Gasteiger partial charge in [0.05, 0.1) is 12.5 Å². The van der Waals surface area contributed by atoms with E-state index in [1.165, 1.54) is 18.7 Å². The van der Waals surface area contributed by atoms with Crippen molar-refractivity contribution in [3.8, 4) is 0 Å². The number of amides is 4. The van der Waals surface area contributed by atoms with Crippen molar-refractivity contribution in [2.45, 2.75) is 57.8 Å². The van der Waals surface area contributed by atoms with Crippen LogP contribution in [0.1, 0.15) is 33.6 Å². The zero-order valence-corrected chi connectivity index (χ0v) is 17.9. The monoisotopic (exact) mass is 433 g/mol. The number of nitrogens with two attached hydrogens (primary N) is 2. The Hall–Kier alpha value is -2.34. The molecule has 11 nitrogen and oxygen atoms in total. The van der Waals surface area contributed by atoms with Crippen molar-refractivity contribution in [3.63, 3.8) is 0 Å². The summed E-state index contributed by atoms with van der Waals surface area (Å²) >= 11 is 1.44. The van der Waals surface area contributed by atoms with E-state index in [0.29, 0.717) is 5.75 Å². The van der Waals surface area contributed by atoms with Crippen LogP contribution in [0.2, 0.25) is 0 Å². The number of nitrogens with one attached hydrogen (secondary N) is 3. The van der Waals surface area contributed by atoms with Gasteiger partial charge in [-0.25, -0.2) is 4.79 Å². The Kier molecular flexibility index (Phi) is 11.9. The lowest BCUT2D eigenvalue weighted by Crippen LogP contribution is -2.58. The average Bonchev–Trinajstić information content (AvgIpc) is 2.60. The minimum atomic E-state index is -1.31. The molecule has 0 saturated carbocycles. The fourth-order valence-electron chi connectivity index (χ4n) is 2.26. The highest BCUT2D eigenvalue weighted by Crippen LogP contribution is 2.07. The summed E-state index contributed by atoms with van der Waals surface area (Å²) in [6.45, 7) is 4.72. The Labute approximate surface area is 174 Å². The molecule has 12 heteroatoms. The summed E-state index contributed by atoms with van der Waals surface area (Å²) in [7, 11) is 0. The molecular weight excluding hydrogens is 402 g/mol. The summed E-state index contributed by atoms with van der Waals surface area (Å²) in [6.07, 6.45) is 1.55. The lowest BCUT2D eigenvalue weighted by atomic mass is 10.0. The number of carboxylic acids is 1.